The topological polar surface area (TPSA) is 15.3 Å². The number of nitrogens with zero attached hydrogens (tertiary/aromatic N) is 1. The van der Waals surface area contributed by atoms with E-state index < -0.39 is 0 Å². The Labute approximate surface area is 121 Å². The molecule has 2 unspecified atom stereocenters. The van der Waals surface area contributed by atoms with Crippen molar-refractivity contribution in [2.75, 3.05) is 20.6 Å². The van der Waals surface area contributed by atoms with Gasteiger partial charge in [0, 0.05) is 11.6 Å². The lowest BCUT2D eigenvalue weighted by Crippen LogP contribution is -2.60. The van der Waals surface area contributed by atoms with Crippen LogP contribution in [-0.4, -0.2) is 37.1 Å². The average Bonchev–Trinajstić information content (AvgIpc) is 2.39. The molecule has 0 saturated heterocycles. The fourth-order valence-corrected chi connectivity index (χ4v) is 4.02. The van der Waals surface area contributed by atoms with Gasteiger partial charge in [-0.1, -0.05) is 52.9 Å². The summed E-state index contributed by atoms with van der Waals surface area (Å²) in [6.07, 6.45) is 11.0. The second-order valence-corrected chi connectivity index (χ2v) is 6.80. The number of likely N-dealkylation sites (N-methyl/N-ethyl adjacent to an activating group) is 2. The minimum absolute atomic E-state index is 0.399. The van der Waals surface area contributed by atoms with Gasteiger partial charge in [0.05, 0.1) is 0 Å². The number of nitrogens with one attached hydrogen (secondary N) is 1. The van der Waals surface area contributed by atoms with Crippen LogP contribution in [0, 0.1) is 5.92 Å². The normalized spacial score (nSPS) is 22.4. The Hall–Kier alpha value is -0.0800. The maximum absolute atomic E-state index is 3.82. The van der Waals surface area contributed by atoms with Gasteiger partial charge in [0.1, 0.15) is 0 Å². The zero-order valence-electron chi connectivity index (χ0n) is 14.0. The van der Waals surface area contributed by atoms with Crippen LogP contribution in [0.4, 0.5) is 0 Å². The van der Waals surface area contributed by atoms with Gasteiger partial charge in [-0.2, -0.15) is 0 Å². The van der Waals surface area contributed by atoms with E-state index in [0.29, 0.717) is 11.6 Å². The molecule has 114 valence electrons. The highest BCUT2D eigenvalue weighted by atomic mass is 15.2. The molecule has 19 heavy (non-hydrogen) atoms. The third-order valence-electron chi connectivity index (χ3n) is 5.13. The molecule has 0 heterocycles. The largest absolute Gasteiger partial charge is 0.312 e. The van der Waals surface area contributed by atoms with Gasteiger partial charge in [0.2, 0.25) is 0 Å². The highest BCUT2D eigenvalue weighted by Gasteiger charge is 2.41. The first-order chi connectivity index (χ1) is 9.06. The van der Waals surface area contributed by atoms with Crippen molar-refractivity contribution in [2.45, 2.75) is 83.7 Å². The van der Waals surface area contributed by atoms with E-state index in [1.807, 2.05) is 0 Å². The van der Waals surface area contributed by atoms with Crippen molar-refractivity contribution in [3.05, 3.63) is 0 Å². The zero-order chi connectivity index (χ0) is 14.3. The Balaban J connectivity index is 2.79. The van der Waals surface area contributed by atoms with E-state index >= 15 is 0 Å². The summed E-state index contributed by atoms with van der Waals surface area (Å²) in [5.74, 6) is 0.841. The quantitative estimate of drug-likeness (QED) is 0.714. The number of rotatable bonds is 8. The van der Waals surface area contributed by atoms with Crippen molar-refractivity contribution in [2.24, 2.45) is 5.92 Å². The molecule has 1 rings (SSSR count). The molecule has 0 aromatic rings. The van der Waals surface area contributed by atoms with Crippen LogP contribution in [0.2, 0.25) is 0 Å². The first-order valence-electron chi connectivity index (χ1n) is 8.47. The van der Waals surface area contributed by atoms with Gasteiger partial charge < -0.3 is 10.2 Å². The Morgan fingerprint density at radius 1 is 1.11 bits per heavy atom. The first-order valence-corrected chi connectivity index (χ1v) is 8.47. The fraction of sp³-hybridized carbons (Fsp3) is 1.00. The fourth-order valence-electron chi connectivity index (χ4n) is 4.02. The highest BCUT2D eigenvalue weighted by molar-refractivity contribution is 5.00. The van der Waals surface area contributed by atoms with E-state index in [1.54, 1.807) is 0 Å². The van der Waals surface area contributed by atoms with Gasteiger partial charge in [-0.05, 0) is 45.8 Å². The first kappa shape index (κ1) is 17.0. The minimum atomic E-state index is 0.399. The molecule has 0 aromatic carbocycles. The average molecular weight is 268 g/mol. The van der Waals surface area contributed by atoms with Crippen LogP contribution in [0.1, 0.15) is 72.1 Å². The molecule has 1 aliphatic rings. The van der Waals surface area contributed by atoms with Crippen molar-refractivity contribution >= 4 is 0 Å². The van der Waals surface area contributed by atoms with Crippen LogP contribution < -0.4 is 5.32 Å². The summed E-state index contributed by atoms with van der Waals surface area (Å²) >= 11 is 0. The molecule has 0 spiro atoms. The maximum atomic E-state index is 3.82. The standard InChI is InChI=1S/C17H36N2/c1-6-11-15(3)14-16(18-7-2)17(19(4)5)12-9-8-10-13-17/h15-16,18H,6-14H2,1-5H3. The summed E-state index contributed by atoms with van der Waals surface area (Å²) in [7, 11) is 4.58. The van der Waals surface area contributed by atoms with Crippen molar-refractivity contribution in [3.8, 4) is 0 Å². The molecule has 0 aliphatic heterocycles. The minimum Gasteiger partial charge on any atom is -0.312 e. The van der Waals surface area contributed by atoms with Gasteiger partial charge in [-0.3, -0.25) is 0 Å². The molecule has 0 amide bonds. The van der Waals surface area contributed by atoms with Gasteiger partial charge >= 0.3 is 0 Å². The van der Waals surface area contributed by atoms with E-state index in [4.69, 9.17) is 0 Å². The van der Waals surface area contributed by atoms with Crippen LogP contribution in [0.3, 0.4) is 0 Å². The van der Waals surface area contributed by atoms with Gasteiger partial charge in [-0.15, -0.1) is 0 Å². The molecule has 2 nitrogen and oxygen atoms in total. The molecule has 2 atom stereocenters. The van der Waals surface area contributed by atoms with E-state index in [9.17, 15) is 0 Å². The second kappa shape index (κ2) is 8.26. The Kier molecular flexibility index (Phi) is 7.38. The van der Waals surface area contributed by atoms with Gasteiger partial charge in [0.15, 0.2) is 0 Å². The monoisotopic (exact) mass is 268 g/mol. The summed E-state index contributed by atoms with van der Waals surface area (Å²) in [5, 5.41) is 3.82. The van der Waals surface area contributed by atoms with Crippen LogP contribution in [0.25, 0.3) is 0 Å². The Morgan fingerprint density at radius 3 is 2.21 bits per heavy atom. The molecule has 1 saturated carbocycles. The highest BCUT2D eigenvalue weighted by Crippen LogP contribution is 2.37. The van der Waals surface area contributed by atoms with E-state index in [0.717, 1.165) is 12.5 Å². The smallest absolute Gasteiger partial charge is 0.0356 e. The van der Waals surface area contributed by atoms with Crippen LogP contribution >= 0.6 is 0 Å². The lowest BCUT2D eigenvalue weighted by molar-refractivity contribution is 0.0478. The van der Waals surface area contributed by atoms with Crippen LogP contribution in [0.15, 0.2) is 0 Å². The predicted molar refractivity (Wildman–Crippen MR) is 85.7 cm³/mol. The van der Waals surface area contributed by atoms with Crippen molar-refractivity contribution < 1.29 is 0 Å². The SMILES string of the molecule is CCCC(C)CC(NCC)C1(N(C)C)CCCCC1. The molecule has 1 aliphatic carbocycles. The third kappa shape index (κ3) is 4.46. The summed E-state index contributed by atoms with van der Waals surface area (Å²) in [6, 6.07) is 0.661. The summed E-state index contributed by atoms with van der Waals surface area (Å²) in [5.41, 5.74) is 0.399. The zero-order valence-corrected chi connectivity index (χ0v) is 14.0. The molecular formula is C17H36N2. The molecule has 0 radical (unpaired) electrons. The Morgan fingerprint density at radius 2 is 1.74 bits per heavy atom. The summed E-state index contributed by atoms with van der Waals surface area (Å²) < 4.78 is 0. The summed E-state index contributed by atoms with van der Waals surface area (Å²) in [6.45, 7) is 8.09. The van der Waals surface area contributed by atoms with Gasteiger partial charge in [0.25, 0.3) is 0 Å². The lowest BCUT2D eigenvalue weighted by atomic mass is 9.72. The van der Waals surface area contributed by atoms with E-state index in [-0.39, 0.29) is 0 Å². The summed E-state index contributed by atoms with van der Waals surface area (Å²) in [4.78, 5) is 2.53. The number of hydrogen-bond donors (Lipinski definition) is 1. The van der Waals surface area contributed by atoms with Gasteiger partial charge in [-0.25, -0.2) is 0 Å². The lowest BCUT2D eigenvalue weighted by Gasteiger charge is -2.49. The van der Waals surface area contributed by atoms with Crippen molar-refractivity contribution in [1.29, 1.82) is 0 Å². The predicted octanol–water partition coefficient (Wildman–Crippen LogP) is 4.06. The molecule has 2 heteroatoms. The van der Waals surface area contributed by atoms with Crippen molar-refractivity contribution in [3.63, 3.8) is 0 Å². The third-order valence-corrected chi connectivity index (χ3v) is 5.13. The molecule has 0 bridgehead atoms. The second-order valence-electron chi connectivity index (χ2n) is 6.80. The van der Waals surface area contributed by atoms with E-state index in [1.165, 1.54) is 51.4 Å². The molecule has 0 aromatic heterocycles. The maximum Gasteiger partial charge on any atom is 0.0356 e. The molecule has 1 fully saturated rings. The van der Waals surface area contributed by atoms with Crippen molar-refractivity contribution in [1.82, 2.24) is 10.2 Å². The van der Waals surface area contributed by atoms with Crippen LogP contribution in [0.5, 0.6) is 0 Å². The molecular weight excluding hydrogens is 232 g/mol. The number of hydrogen-bond acceptors (Lipinski definition) is 2. The Bertz CT molecular complexity index is 231. The molecule has 1 N–H and O–H groups in total. The van der Waals surface area contributed by atoms with Crippen LogP contribution in [-0.2, 0) is 0 Å². The van der Waals surface area contributed by atoms with E-state index in [2.05, 4.69) is 45.1 Å².